The van der Waals surface area contributed by atoms with Crippen molar-refractivity contribution < 1.29 is 0 Å². The average Bonchev–Trinajstić information content (AvgIpc) is 3.04. The Morgan fingerprint density at radius 2 is 0.345 bits per heavy atom. The van der Waals surface area contributed by atoms with E-state index < -0.39 is 31.7 Å². The minimum Gasteiger partial charge on any atom is -0.0622 e. The van der Waals surface area contributed by atoms with Crippen LogP contribution in [-0.4, -0.2) is 24.6 Å². The smallest absolute Gasteiger partial charge is 0.0198 e. The van der Waals surface area contributed by atoms with Gasteiger partial charge in [0.1, 0.15) is 0 Å². The van der Waals surface area contributed by atoms with E-state index in [4.69, 9.17) is 0 Å². The molecule has 8 aliphatic heterocycles. The van der Waals surface area contributed by atoms with Crippen LogP contribution >= 0.6 is 31.7 Å². The largest absolute Gasteiger partial charge is 0.0622 e. The number of fused-ring (bicyclic) bond motifs is 8. The molecule has 8 bridgehead atoms. The molecule has 0 fully saturated rings. The monoisotopic (exact) mass is 1160 g/mol. The molecule has 412 valence electrons. The first-order valence-electron chi connectivity index (χ1n) is 30.3. The number of hydrogen-bond donors (Lipinski definition) is 0. The lowest BCUT2D eigenvalue weighted by molar-refractivity contribution is 0.623. The minimum atomic E-state index is -0.456. The van der Waals surface area contributed by atoms with Gasteiger partial charge in [0, 0.05) is 21.7 Å². The molecule has 8 aromatic rings. The van der Waals surface area contributed by atoms with Gasteiger partial charge in [-0.1, -0.05) is 293 Å². The van der Waals surface area contributed by atoms with E-state index in [2.05, 4.69) is 298 Å². The molecule has 0 nitrogen and oxygen atoms in total. The van der Waals surface area contributed by atoms with Crippen molar-refractivity contribution in [2.75, 3.05) is 24.6 Å². The molecule has 0 saturated heterocycles. The van der Waals surface area contributed by atoms with Gasteiger partial charge in [0.05, 0.1) is 0 Å². The van der Waals surface area contributed by atoms with Crippen molar-refractivity contribution in [3.63, 3.8) is 0 Å². The molecule has 8 aromatic carbocycles. The maximum Gasteiger partial charge on any atom is 0.0198 e. The second-order valence-electron chi connectivity index (χ2n) is 25.4. The Bertz CT molecular complexity index is 3690. The van der Waals surface area contributed by atoms with Crippen molar-refractivity contribution in [3.05, 3.63) is 331 Å². The number of rotatable bonds is 10. The summed E-state index contributed by atoms with van der Waals surface area (Å²) in [5.41, 5.74) is 24.4. The van der Waals surface area contributed by atoms with Crippen LogP contribution in [0.15, 0.2) is 286 Å². The van der Waals surface area contributed by atoms with E-state index in [1.807, 2.05) is 0 Å². The summed E-state index contributed by atoms with van der Waals surface area (Å²) in [6, 6.07) is 90.2. The first-order valence-corrected chi connectivity index (χ1v) is 36.4. The van der Waals surface area contributed by atoms with Crippen LogP contribution in [0, 0.1) is 21.7 Å². The van der Waals surface area contributed by atoms with Crippen LogP contribution in [0.4, 0.5) is 0 Å². The molecular formula is C80H72P4. The molecule has 0 amide bonds. The molecule has 0 aromatic heterocycles. The van der Waals surface area contributed by atoms with Crippen LogP contribution in [-0.2, 0) is 0 Å². The summed E-state index contributed by atoms with van der Waals surface area (Å²) < 4.78 is 0. The highest BCUT2D eigenvalue weighted by molar-refractivity contribution is 7.80. The molecule has 0 N–H and O–H groups in total. The highest BCUT2D eigenvalue weighted by atomic mass is 31.1. The van der Waals surface area contributed by atoms with Gasteiger partial charge in [0.2, 0.25) is 0 Å². The van der Waals surface area contributed by atoms with Crippen molar-refractivity contribution >= 4 is 75.2 Å². The Balaban J connectivity index is 0.000000143. The lowest BCUT2D eigenvalue weighted by Crippen LogP contribution is -2.20. The van der Waals surface area contributed by atoms with Crippen molar-refractivity contribution in [1.82, 2.24) is 0 Å². The van der Waals surface area contributed by atoms with E-state index in [0.29, 0.717) is 0 Å². The SMILES string of the molecule is CC1=C(C2=C(C)[C@@]3(C)C[P@]2C(c2ccccc2)=C3c2ccccc2)[P@]2C[C@@]1(C)C(c1ccccc1)=C2c1ccccc1.CC1=C(C2=C(C)[C@]3(C)C[P@@]2C(c2ccccc2)=C3c2ccccc2)[P@@]2C[C@]1(C)C(c1ccccc1)=C2c1ccccc1. The molecule has 0 radical (unpaired) electrons. The third-order valence-electron chi connectivity index (χ3n) is 20.8. The molecule has 8 atom stereocenters. The fourth-order valence-electron chi connectivity index (χ4n) is 16.4. The average molecular weight is 1160 g/mol. The molecule has 8 heterocycles. The minimum absolute atomic E-state index is 0.0684. The summed E-state index contributed by atoms with van der Waals surface area (Å²) in [4.78, 5) is 0. The Morgan fingerprint density at radius 1 is 0.202 bits per heavy atom. The molecule has 84 heavy (non-hydrogen) atoms. The van der Waals surface area contributed by atoms with E-state index in [9.17, 15) is 0 Å². The van der Waals surface area contributed by atoms with Crippen LogP contribution < -0.4 is 0 Å². The molecule has 4 heteroatoms. The second-order valence-corrected chi connectivity index (χ2v) is 33.7. The predicted octanol–water partition coefficient (Wildman–Crippen LogP) is 23.4. The first kappa shape index (κ1) is 54.1. The fraction of sp³-hybridized carbons (Fsp3) is 0.200. The van der Waals surface area contributed by atoms with Crippen molar-refractivity contribution in [2.24, 2.45) is 21.7 Å². The normalized spacial score (nSPS) is 28.1. The van der Waals surface area contributed by atoms with Crippen molar-refractivity contribution in [2.45, 2.75) is 55.4 Å². The molecule has 0 unspecified atom stereocenters. The quantitative estimate of drug-likeness (QED) is 0.120. The molecule has 8 aliphatic rings. The number of allylic oxidation sites excluding steroid dienone is 12. The van der Waals surface area contributed by atoms with Crippen LogP contribution in [0.1, 0.15) is 99.9 Å². The molecule has 0 saturated carbocycles. The number of hydrogen-bond acceptors (Lipinski definition) is 0. The summed E-state index contributed by atoms with van der Waals surface area (Å²) in [5, 5.41) is 13.4. The highest BCUT2D eigenvalue weighted by Gasteiger charge is 2.61. The van der Waals surface area contributed by atoms with Gasteiger partial charge in [-0.05, 0) is 193 Å². The van der Waals surface area contributed by atoms with E-state index >= 15 is 0 Å². The lowest BCUT2D eigenvalue weighted by atomic mass is 9.72. The van der Waals surface area contributed by atoms with Gasteiger partial charge in [-0.2, -0.15) is 0 Å². The zero-order valence-electron chi connectivity index (χ0n) is 49.7. The van der Waals surface area contributed by atoms with Gasteiger partial charge in [0.15, 0.2) is 0 Å². The molecular weight excluding hydrogens is 1080 g/mol. The van der Waals surface area contributed by atoms with Gasteiger partial charge >= 0.3 is 0 Å². The Labute approximate surface area is 504 Å². The standard InChI is InChI=1S/2C40H36P2/c2*1-27-35(41-25-39(27,3)33(29-17-9-5-10-18-29)37(41)31-21-13-7-14-22-31)36-28(2)40(4)26-42(36)38(32-23-15-8-16-24-32)34(40)30-19-11-6-12-20-30/h2*5-24H,25-26H2,1-4H3/t2*39-,40-,41+,42+/m10/s1. The fourth-order valence-corrected chi connectivity index (χ4v) is 32.8. The zero-order chi connectivity index (χ0) is 57.3. The van der Waals surface area contributed by atoms with Gasteiger partial charge in [-0.25, -0.2) is 0 Å². The summed E-state index contributed by atoms with van der Waals surface area (Å²) in [6.07, 6.45) is 4.96. The van der Waals surface area contributed by atoms with E-state index in [0.717, 1.165) is 0 Å². The first-order chi connectivity index (χ1) is 40.9. The maximum atomic E-state index is 2.55. The van der Waals surface area contributed by atoms with Gasteiger partial charge in [0.25, 0.3) is 0 Å². The third-order valence-corrected chi connectivity index (χ3v) is 33.5. The molecule has 16 rings (SSSR count). The summed E-state index contributed by atoms with van der Waals surface area (Å²) in [6.45, 7) is 20.1. The van der Waals surface area contributed by atoms with Crippen LogP contribution in [0.2, 0.25) is 0 Å². The predicted molar refractivity (Wildman–Crippen MR) is 369 cm³/mol. The maximum absolute atomic E-state index is 2.55. The third kappa shape index (κ3) is 7.93. The van der Waals surface area contributed by atoms with Crippen LogP contribution in [0.5, 0.6) is 0 Å². The van der Waals surface area contributed by atoms with Crippen molar-refractivity contribution in [1.29, 1.82) is 0 Å². The van der Waals surface area contributed by atoms with E-state index in [1.54, 1.807) is 87.1 Å². The summed E-state index contributed by atoms with van der Waals surface area (Å²) in [5.74, 6) is 0. The summed E-state index contributed by atoms with van der Waals surface area (Å²) in [7, 11) is -1.82. The van der Waals surface area contributed by atoms with Gasteiger partial charge in [-0.3, -0.25) is 0 Å². The number of benzene rings is 8. The molecule has 0 spiro atoms. The van der Waals surface area contributed by atoms with Crippen LogP contribution in [0.3, 0.4) is 0 Å². The van der Waals surface area contributed by atoms with Crippen LogP contribution in [0.25, 0.3) is 43.5 Å². The second kappa shape index (κ2) is 20.5. The van der Waals surface area contributed by atoms with E-state index in [1.165, 1.54) is 69.2 Å². The summed E-state index contributed by atoms with van der Waals surface area (Å²) >= 11 is 0. The van der Waals surface area contributed by atoms with Gasteiger partial charge < -0.3 is 0 Å². The van der Waals surface area contributed by atoms with E-state index in [-0.39, 0.29) is 21.7 Å². The molecule has 0 aliphatic carbocycles. The Morgan fingerprint density at radius 3 is 0.500 bits per heavy atom. The Kier molecular flexibility index (Phi) is 13.2. The highest BCUT2D eigenvalue weighted by Crippen LogP contribution is 2.89. The topological polar surface area (TPSA) is 0 Å². The van der Waals surface area contributed by atoms with Crippen molar-refractivity contribution in [3.8, 4) is 0 Å². The van der Waals surface area contributed by atoms with Gasteiger partial charge in [-0.15, -0.1) is 0 Å². The lowest BCUT2D eigenvalue weighted by Gasteiger charge is -2.36. The zero-order valence-corrected chi connectivity index (χ0v) is 53.3. The Hall–Kier alpha value is -6.60.